The van der Waals surface area contributed by atoms with Crippen LogP contribution in [0.3, 0.4) is 0 Å². The van der Waals surface area contributed by atoms with E-state index < -0.39 is 0 Å². The summed E-state index contributed by atoms with van der Waals surface area (Å²) in [7, 11) is 0. The fourth-order valence-corrected chi connectivity index (χ4v) is 1.90. The molecule has 0 aliphatic carbocycles. The first-order chi connectivity index (χ1) is 7.50. The van der Waals surface area contributed by atoms with E-state index in [-0.39, 0.29) is 11.4 Å². The fraction of sp³-hybridized carbons (Fsp3) is 0.538. The summed E-state index contributed by atoms with van der Waals surface area (Å²) in [4.78, 5) is 0. The number of nitrogens with one attached hydrogen (secondary N) is 1. The van der Waals surface area contributed by atoms with Crippen LogP contribution < -0.4 is 5.32 Å². The maximum atomic E-state index is 13.5. The van der Waals surface area contributed by atoms with Gasteiger partial charge >= 0.3 is 0 Å². The molecule has 0 amide bonds. The molecule has 0 bridgehead atoms. The first-order valence-electron chi connectivity index (χ1n) is 5.69. The zero-order valence-corrected chi connectivity index (χ0v) is 11.7. The SMILES string of the molecule is CCC(C)(CC)NCc1cc(Br)ccc1F. The lowest BCUT2D eigenvalue weighted by atomic mass is 9.95. The largest absolute Gasteiger partial charge is 0.307 e. The molecule has 0 unspecified atom stereocenters. The van der Waals surface area contributed by atoms with E-state index in [1.807, 2.05) is 6.07 Å². The molecule has 0 heterocycles. The third-order valence-electron chi connectivity index (χ3n) is 3.27. The number of benzene rings is 1. The second kappa shape index (κ2) is 5.78. The van der Waals surface area contributed by atoms with Crippen molar-refractivity contribution < 1.29 is 4.39 Å². The van der Waals surface area contributed by atoms with Crippen LogP contribution in [0.4, 0.5) is 4.39 Å². The van der Waals surface area contributed by atoms with Crippen molar-refractivity contribution in [1.82, 2.24) is 5.32 Å². The second-order valence-electron chi connectivity index (χ2n) is 4.36. The van der Waals surface area contributed by atoms with Crippen LogP contribution in [-0.2, 0) is 6.54 Å². The number of hydrogen-bond donors (Lipinski definition) is 1. The van der Waals surface area contributed by atoms with Crippen molar-refractivity contribution >= 4 is 15.9 Å². The molecule has 0 saturated carbocycles. The predicted octanol–water partition coefficient (Wildman–Crippen LogP) is 4.26. The first-order valence-corrected chi connectivity index (χ1v) is 6.49. The van der Waals surface area contributed by atoms with Gasteiger partial charge in [-0.3, -0.25) is 0 Å². The first kappa shape index (κ1) is 13.7. The van der Waals surface area contributed by atoms with Gasteiger partial charge in [-0.1, -0.05) is 29.8 Å². The van der Waals surface area contributed by atoms with Gasteiger partial charge in [-0.25, -0.2) is 4.39 Å². The molecule has 0 spiro atoms. The van der Waals surface area contributed by atoms with Gasteiger partial charge in [0, 0.05) is 22.1 Å². The molecule has 0 fully saturated rings. The molecule has 1 aromatic rings. The zero-order valence-electron chi connectivity index (χ0n) is 10.1. The summed E-state index contributed by atoms with van der Waals surface area (Å²) in [6.07, 6.45) is 2.08. The highest BCUT2D eigenvalue weighted by atomic mass is 79.9. The van der Waals surface area contributed by atoms with Crippen LogP contribution in [0.25, 0.3) is 0 Å². The van der Waals surface area contributed by atoms with Gasteiger partial charge in [0.1, 0.15) is 5.82 Å². The molecule has 0 radical (unpaired) electrons. The van der Waals surface area contributed by atoms with Crippen molar-refractivity contribution in [2.24, 2.45) is 0 Å². The van der Waals surface area contributed by atoms with Crippen LogP contribution >= 0.6 is 15.9 Å². The third-order valence-corrected chi connectivity index (χ3v) is 3.77. The topological polar surface area (TPSA) is 12.0 Å². The normalized spacial score (nSPS) is 11.8. The Hall–Kier alpha value is -0.410. The Balaban J connectivity index is 2.70. The molecule has 16 heavy (non-hydrogen) atoms. The quantitative estimate of drug-likeness (QED) is 0.853. The maximum Gasteiger partial charge on any atom is 0.127 e. The summed E-state index contributed by atoms with van der Waals surface area (Å²) in [5.41, 5.74) is 0.803. The molecule has 3 heteroatoms. The third kappa shape index (κ3) is 3.56. The maximum absolute atomic E-state index is 13.5. The number of hydrogen-bond acceptors (Lipinski definition) is 1. The van der Waals surface area contributed by atoms with Crippen molar-refractivity contribution in [2.75, 3.05) is 0 Å². The van der Waals surface area contributed by atoms with Crippen molar-refractivity contribution in [3.8, 4) is 0 Å². The summed E-state index contributed by atoms with van der Waals surface area (Å²) in [6, 6.07) is 5.04. The molecule has 0 aliphatic heterocycles. The Morgan fingerprint density at radius 3 is 2.50 bits per heavy atom. The van der Waals surface area contributed by atoms with E-state index in [2.05, 4.69) is 42.0 Å². The summed E-state index contributed by atoms with van der Waals surface area (Å²) in [6.45, 7) is 7.04. The monoisotopic (exact) mass is 287 g/mol. The Morgan fingerprint density at radius 1 is 1.31 bits per heavy atom. The van der Waals surface area contributed by atoms with Gasteiger partial charge in [-0.2, -0.15) is 0 Å². The molecule has 1 nitrogen and oxygen atoms in total. The molecular formula is C13H19BrFN. The van der Waals surface area contributed by atoms with Gasteiger partial charge in [-0.15, -0.1) is 0 Å². The van der Waals surface area contributed by atoms with Crippen LogP contribution in [0.5, 0.6) is 0 Å². The summed E-state index contributed by atoms with van der Waals surface area (Å²) in [5, 5.41) is 3.42. The predicted molar refractivity (Wildman–Crippen MR) is 69.9 cm³/mol. The van der Waals surface area contributed by atoms with Crippen molar-refractivity contribution in [3.05, 3.63) is 34.1 Å². The molecular weight excluding hydrogens is 269 g/mol. The molecule has 1 aromatic carbocycles. The van der Waals surface area contributed by atoms with Crippen LogP contribution in [0.1, 0.15) is 39.2 Å². The van der Waals surface area contributed by atoms with E-state index in [0.29, 0.717) is 12.1 Å². The van der Waals surface area contributed by atoms with Crippen molar-refractivity contribution in [3.63, 3.8) is 0 Å². The fourth-order valence-electron chi connectivity index (χ4n) is 1.49. The zero-order chi connectivity index (χ0) is 12.2. The van der Waals surface area contributed by atoms with Crippen molar-refractivity contribution in [2.45, 2.75) is 45.7 Å². The molecule has 0 atom stereocenters. The highest BCUT2D eigenvalue weighted by Gasteiger charge is 2.18. The Bertz CT molecular complexity index is 348. The highest BCUT2D eigenvalue weighted by molar-refractivity contribution is 9.10. The molecule has 1 rings (SSSR count). The molecule has 1 N–H and O–H groups in total. The molecule has 0 saturated heterocycles. The van der Waals surface area contributed by atoms with E-state index in [9.17, 15) is 4.39 Å². The highest BCUT2D eigenvalue weighted by Crippen LogP contribution is 2.18. The number of halogens is 2. The Kier molecular flexibility index (Phi) is 4.93. The van der Waals surface area contributed by atoms with E-state index in [4.69, 9.17) is 0 Å². The Labute approximate surface area is 106 Å². The standard InChI is InChI=1S/C13H19BrFN/c1-4-13(3,5-2)16-9-10-8-11(14)6-7-12(10)15/h6-8,16H,4-5,9H2,1-3H3. The van der Waals surface area contributed by atoms with Crippen molar-refractivity contribution in [1.29, 1.82) is 0 Å². The van der Waals surface area contributed by atoms with Crippen LogP contribution in [0.15, 0.2) is 22.7 Å². The lowest BCUT2D eigenvalue weighted by Crippen LogP contribution is -2.40. The van der Waals surface area contributed by atoms with E-state index in [1.54, 1.807) is 6.07 Å². The Morgan fingerprint density at radius 2 is 1.94 bits per heavy atom. The van der Waals surface area contributed by atoms with Gasteiger partial charge < -0.3 is 5.32 Å². The van der Waals surface area contributed by atoms with Gasteiger partial charge in [-0.05, 0) is 38.0 Å². The second-order valence-corrected chi connectivity index (χ2v) is 5.27. The van der Waals surface area contributed by atoms with E-state index >= 15 is 0 Å². The van der Waals surface area contributed by atoms with Crippen LogP contribution in [-0.4, -0.2) is 5.54 Å². The lowest BCUT2D eigenvalue weighted by molar-refractivity contribution is 0.327. The average Bonchev–Trinajstić information content (AvgIpc) is 2.30. The molecule has 0 aliphatic rings. The summed E-state index contributed by atoms with van der Waals surface area (Å²) < 4.78 is 14.4. The van der Waals surface area contributed by atoms with Gasteiger partial charge in [0.05, 0.1) is 0 Å². The number of rotatable bonds is 5. The van der Waals surface area contributed by atoms with Crippen LogP contribution in [0.2, 0.25) is 0 Å². The molecule has 90 valence electrons. The van der Waals surface area contributed by atoms with Crippen LogP contribution in [0, 0.1) is 5.82 Å². The van der Waals surface area contributed by atoms with Gasteiger partial charge in [0.25, 0.3) is 0 Å². The lowest BCUT2D eigenvalue weighted by Gasteiger charge is -2.28. The summed E-state index contributed by atoms with van der Waals surface area (Å²) >= 11 is 3.36. The van der Waals surface area contributed by atoms with Gasteiger partial charge in [0.2, 0.25) is 0 Å². The van der Waals surface area contributed by atoms with E-state index in [0.717, 1.165) is 17.3 Å². The minimum absolute atomic E-state index is 0.0920. The molecule has 0 aromatic heterocycles. The average molecular weight is 288 g/mol. The smallest absolute Gasteiger partial charge is 0.127 e. The minimum Gasteiger partial charge on any atom is -0.307 e. The van der Waals surface area contributed by atoms with Gasteiger partial charge in [0.15, 0.2) is 0 Å². The minimum atomic E-state index is -0.148. The summed E-state index contributed by atoms with van der Waals surface area (Å²) in [5.74, 6) is -0.148. The van der Waals surface area contributed by atoms with E-state index in [1.165, 1.54) is 6.07 Å².